The zero-order chi connectivity index (χ0) is 12.8. The molecule has 2 atom stereocenters. The summed E-state index contributed by atoms with van der Waals surface area (Å²) in [6.45, 7) is 0.708. The molecule has 1 heterocycles. The smallest absolute Gasteiger partial charge is 0.328 e. The molecule has 0 aromatic heterocycles. The molecule has 1 aliphatic rings. The third-order valence-electron chi connectivity index (χ3n) is 2.92. The Balaban J connectivity index is 2.70. The van der Waals surface area contributed by atoms with Crippen LogP contribution >= 0.6 is 0 Å². The number of likely N-dealkylation sites (tertiary alicyclic amines) is 1. The summed E-state index contributed by atoms with van der Waals surface area (Å²) >= 11 is 0. The lowest BCUT2D eigenvalue weighted by Crippen LogP contribution is -2.54. The fraction of sp³-hybridized carbons (Fsp3) is 0.818. The number of rotatable bonds is 4. The molecule has 6 nitrogen and oxygen atoms in total. The first-order chi connectivity index (χ1) is 8.11. The third kappa shape index (κ3) is 3.41. The third-order valence-corrected chi connectivity index (χ3v) is 2.92. The number of amides is 1. The Morgan fingerprint density at radius 2 is 2.12 bits per heavy atom. The Morgan fingerprint density at radius 3 is 2.71 bits per heavy atom. The van der Waals surface area contributed by atoms with Gasteiger partial charge >= 0.3 is 5.97 Å². The van der Waals surface area contributed by atoms with E-state index in [0.717, 1.165) is 12.8 Å². The molecular weight excluding hydrogens is 224 g/mol. The van der Waals surface area contributed by atoms with E-state index in [1.54, 1.807) is 0 Å². The maximum Gasteiger partial charge on any atom is 0.328 e. The Morgan fingerprint density at radius 1 is 1.41 bits per heavy atom. The zero-order valence-electron chi connectivity index (χ0n) is 10.3. The molecule has 17 heavy (non-hydrogen) atoms. The van der Waals surface area contributed by atoms with Gasteiger partial charge in [0.05, 0.1) is 13.7 Å². The van der Waals surface area contributed by atoms with Crippen molar-refractivity contribution in [2.75, 3.05) is 27.4 Å². The summed E-state index contributed by atoms with van der Waals surface area (Å²) in [4.78, 5) is 25.1. The number of nitrogens with zero attached hydrogens (tertiary/aromatic N) is 1. The van der Waals surface area contributed by atoms with Gasteiger partial charge in [-0.15, -0.1) is 0 Å². The molecule has 0 spiro atoms. The number of hydrogen-bond acceptors (Lipinski definition) is 5. The highest BCUT2D eigenvalue weighted by molar-refractivity contribution is 5.87. The summed E-state index contributed by atoms with van der Waals surface area (Å²) in [6.07, 6.45) is 2.44. The fourth-order valence-corrected chi connectivity index (χ4v) is 2.04. The second kappa shape index (κ2) is 6.56. The lowest BCUT2D eigenvalue weighted by Gasteiger charge is -2.35. The van der Waals surface area contributed by atoms with Crippen LogP contribution in [0.3, 0.4) is 0 Å². The molecule has 1 amide bonds. The molecule has 0 saturated carbocycles. The Labute approximate surface area is 101 Å². The maximum atomic E-state index is 12.0. The summed E-state index contributed by atoms with van der Waals surface area (Å²) < 4.78 is 9.55. The van der Waals surface area contributed by atoms with Crippen molar-refractivity contribution in [3.05, 3.63) is 0 Å². The predicted molar refractivity (Wildman–Crippen MR) is 61.2 cm³/mol. The van der Waals surface area contributed by atoms with E-state index in [1.807, 2.05) is 0 Å². The number of hydrogen-bond donors (Lipinski definition) is 1. The minimum absolute atomic E-state index is 0.156. The average molecular weight is 244 g/mol. The van der Waals surface area contributed by atoms with Gasteiger partial charge in [-0.2, -0.15) is 0 Å². The predicted octanol–water partition coefficient (Wildman–Crippen LogP) is -0.486. The van der Waals surface area contributed by atoms with Crippen LogP contribution in [0.25, 0.3) is 0 Å². The fourth-order valence-electron chi connectivity index (χ4n) is 2.04. The van der Waals surface area contributed by atoms with Gasteiger partial charge in [-0.3, -0.25) is 4.79 Å². The first-order valence-corrected chi connectivity index (χ1v) is 5.74. The Bertz CT molecular complexity index is 283. The van der Waals surface area contributed by atoms with E-state index in [4.69, 9.17) is 15.2 Å². The summed E-state index contributed by atoms with van der Waals surface area (Å²) in [5, 5.41) is 0. The largest absolute Gasteiger partial charge is 0.467 e. The quantitative estimate of drug-likeness (QED) is 0.675. The first kappa shape index (κ1) is 13.9. The molecule has 0 bridgehead atoms. The van der Waals surface area contributed by atoms with Gasteiger partial charge in [-0.25, -0.2) is 4.79 Å². The number of piperidine rings is 1. The summed E-state index contributed by atoms with van der Waals surface area (Å²) in [7, 11) is 2.82. The topological polar surface area (TPSA) is 81.9 Å². The van der Waals surface area contributed by atoms with Crippen molar-refractivity contribution in [3.63, 3.8) is 0 Å². The lowest BCUT2D eigenvalue weighted by atomic mass is 10.0. The van der Waals surface area contributed by atoms with Crippen LogP contribution in [0.4, 0.5) is 0 Å². The van der Waals surface area contributed by atoms with Crippen molar-refractivity contribution in [1.82, 2.24) is 4.90 Å². The van der Waals surface area contributed by atoms with Gasteiger partial charge in [0.15, 0.2) is 0 Å². The maximum absolute atomic E-state index is 12.0. The van der Waals surface area contributed by atoms with E-state index in [-0.39, 0.29) is 18.5 Å². The molecular formula is C11H20N2O4. The van der Waals surface area contributed by atoms with Crippen molar-refractivity contribution < 1.29 is 19.1 Å². The van der Waals surface area contributed by atoms with Crippen LogP contribution in [0.5, 0.6) is 0 Å². The number of esters is 1. The average Bonchev–Trinajstić information content (AvgIpc) is 2.37. The van der Waals surface area contributed by atoms with E-state index in [9.17, 15) is 9.59 Å². The molecule has 1 fully saturated rings. The van der Waals surface area contributed by atoms with Gasteiger partial charge in [-0.05, 0) is 19.3 Å². The lowest BCUT2D eigenvalue weighted by molar-refractivity contribution is -0.155. The summed E-state index contributed by atoms with van der Waals surface area (Å²) in [6, 6.07) is -1.21. The molecule has 2 unspecified atom stereocenters. The first-order valence-electron chi connectivity index (χ1n) is 5.74. The van der Waals surface area contributed by atoms with Gasteiger partial charge in [0.25, 0.3) is 0 Å². The second-order valence-corrected chi connectivity index (χ2v) is 4.13. The van der Waals surface area contributed by atoms with Crippen LogP contribution in [0.1, 0.15) is 19.3 Å². The highest BCUT2D eigenvalue weighted by Crippen LogP contribution is 2.18. The van der Waals surface area contributed by atoms with Crippen LogP contribution < -0.4 is 5.73 Å². The number of methoxy groups -OCH3 is 2. The van der Waals surface area contributed by atoms with Gasteiger partial charge in [-0.1, -0.05) is 0 Å². The monoisotopic (exact) mass is 244 g/mol. The standard InChI is InChI=1S/C11H20N2O4/c1-16-7-8(12)10(14)13-6-4-3-5-9(13)11(15)17-2/h8-9H,3-7,12H2,1-2H3. The number of ether oxygens (including phenoxy) is 2. The van der Waals surface area contributed by atoms with Crippen LogP contribution in [-0.4, -0.2) is 56.2 Å². The van der Waals surface area contributed by atoms with Crippen LogP contribution in [-0.2, 0) is 19.1 Å². The van der Waals surface area contributed by atoms with Crippen molar-refractivity contribution >= 4 is 11.9 Å². The second-order valence-electron chi connectivity index (χ2n) is 4.13. The molecule has 0 aromatic rings. The molecule has 1 saturated heterocycles. The van der Waals surface area contributed by atoms with Gasteiger partial charge in [0, 0.05) is 13.7 Å². The molecule has 0 aliphatic carbocycles. The Hall–Kier alpha value is -1.14. The van der Waals surface area contributed by atoms with Crippen molar-refractivity contribution in [2.24, 2.45) is 5.73 Å². The van der Waals surface area contributed by atoms with E-state index < -0.39 is 12.1 Å². The molecule has 0 aromatic carbocycles. The van der Waals surface area contributed by atoms with Crippen molar-refractivity contribution in [1.29, 1.82) is 0 Å². The van der Waals surface area contributed by atoms with Crippen LogP contribution in [0, 0.1) is 0 Å². The summed E-state index contributed by atoms with van der Waals surface area (Å²) in [5.74, 6) is -0.621. The normalized spacial score (nSPS) is 22.1. The Kier molecular flexibility index (Phi) is 5.37. The van der Waals surface area contributed by atoms with Crippen LogP contribution in [0.15, 0.2) is 0 Å². The molecule has 1 aliphatic heterocycles. The molecule has 0 radical (unpaired) electrons. The van der Waals surface area contributed by atoms with Gasteiger partial charge in [0.1, 0.15) is 12.1 Å². The summed E-state index contributed by atoms with van der Waals surface area (Å²) in [5.41, 5.74) is 5.69. The molecule has 6 heteroatoms. The number of carbonyl (C=O) groups is 2. The zero-order valence-corrected chi connectivity index (χ0v) is 10.3. The molecule has 1 rings (SSSR count). The van der Waals surface area contributed by atoms with Crippen molar-refractivity contribution in [3.8, 4) is 0 Å². The molecule has 98 valence electrons. The van der Waals surface area contributed by atoms with E-state index in [1.165, 1.54) is 19.1 Å². The minimum Gasteiger partial charge on any atom is -0.467 e. The SMILES string of the molecule is COCC(N)C(=O)N1CCCCC1C(=O)OC. The van der Waals surface area contributed by atoms with Gasteiger partial charge < -0.3 is 20.1 Å². The van der Waals surface area contributed by atoms with E-state index in [0.29, 0.717) is 13.0 Å². The number of carbonyl (C=O) groups excluding carboxylic acids is 2. The molecule has 2 N–H and O–H groups in total. The van der Waals surface area contributed by atoms with E-state index >= 15 is 0 Å². The van der Waals surface area contributed by atoms with E-state index in [2.05, 4.69) is 0 Å². The van der Waals surface area contributed by atoms with Crippen molar-refractivity contribution in [2.45, 2.75) is 31.3 Å². The van der Waals surface area contributed by atoms with Crippen LogP contribution in [0.2, 0.25) is 0 Å². The number of nitrogens with two attached hydrogens (primary N) is 1. The van der Waals surface area contributed by atoms with Gasteiger partial charge in [0.2, 0.25) is 5.91 Å². The highest BCUT2D eigenvalue weighted by atomic mass is 16.5. The highest BCUT2D eigenvalue weighted by Gasteiger charge is 2.34. The minimum atomic E-state index is -0.717.